The summed E-state index contributed by atoms with van der Waals surface area (Å²) in [5.74, 6) is -0.152. The molecular weight excluding hydrogens is 344 g/mol. The van der Waals surface area contributed by atoms with Crippen molar-refractivity contribution in [2.45, 2.75) is 43.7 Å². The molecule has 1 amide bonds. The lowest BCUT2D eigenvalue weighted by Crippen LogP contribution is -2.39. The first-order chi connectivity index (χ1) is 12.6. The topological polar surface area (TPSA) is 50.7 Å². The fraction of sp³-hybridized carbons (Fsp3) is 0.333. The lowest BCUT2D eigenvalue weighted by molar-refractivity contribution is -0.132. The first-order valence-electron chi connectivity index (χ1n) is 8.76. The molecule has 26 heavy (non-hydrogen) atoms. The number of aryl methyl sites for hydroxylation is 1. The Balaban J connectivity index is 1.72. The highest BCUT2D eigenvalue weighted by Gasteiger charge is 2.16. The Labute approximate surface area is 160 Å². The van der Waals surface area contributed by atoms with Gasteiger partial charge in [-0.3, -0.25) is 4.79 Å². The Bertz CT molecular complexity index is 702. The maximum Gasteiger partial charge on any atom is 0.263 e. The zero-order valence-corrected chi connectivity index (χ0v) is 16.3. The van der Waals surface area contributed by atoms with Crippen LogP contribution in [-0.2, 0) is 16.1 Å². The maximum absolute atomic E-state index is 12.2. The van der Waals surface area contributed by atoms with Crippen LogP contribution in [0.3, 0.4) is 0 Å². The largest absolute Gasteiger partial charge is 0.383 e. The van der Waals surface area contributed by atoms with Crippen molar-refractivity contribution in [2.75, 3.05) is 6.26 Å². The summed E-state index contributed by atoms with van der Waals surface area (Å²) in [5, 5.41) is 6.90. The number of rotatable bonds is 9. The van der Waals surface area contributed by atoms with Crippen molar-refractivity contribution in [1.82, 2.24) is 5.32 Å². The molecule has 0 aliphatic carbocycles. The highest BCUT2D eigenvalue weighted by Crippen LogP contribution is 2.14. The van der Waals surface area contributed by atoms with Gasteiger partial charge in [0, 0.05) is 10.9 Å². The van der Waals surface area contributed by atoms with Gasteiger partial charge in [-0.1, -0.05) is 47.6 Å². The molecule has 0 aliphatic heterocycles. The molecule has 138 valence electrons. The number of nitrogens with zero attached hydrogens (tertiary/aromatic N) is 1. The summed E-state index contributed by atoms with van der Waals surface area (Å²) in [6.45, 7) is 3.71. The first-order valence-corrected chi connectivity index (χ1v) is 9.98. The second-order valence-corrected chi connectivity index (χ2v) is 7.07. The summed E-state index contributed by atoms with van der Waals surface area (Å²) in [4.78, 5) is 18.7. The number of hydrogen-bond acceptors (Lipinski definition) is 4. The Morgan fingerprint density at radius 1 is 1.15 bits per heavy atom. The van der Waals surface area contributed by atoms with Crippen molar-refractivity contribution >= 4 is 23.9 Å². The minimum Gasteiger partial charge on any atom is -0.383 e. The number of oxime groups is 1. The molecule has 1 N–H and O–H groups in total. The standard InChI is InChI=1S/C21H26N2O2S/c1-16(9-10-18-7-5-4-6-8-18)23-21(24)17(2)25-22-15-19-11-13-20(26-3)14-12-19/h4-8,11-17H,9-10H2,1-3H3,(H,23,24)/b22-15-/t16-,17+/m0/s1. The van der Waals surface area contributed by atoms with Crippen LogP contribution in [0.15, 0.2) is 64.6 Å². The van der Waals surface area contributed by atoms with Gasteiger partial charge in [-0.15, -0.1) is 11.8 Å². The molecule has 0 bridgehead atoms. The third kappa shape index (κ3) is 6.92. The molecule has 2 aromatic carbocycles. The molecule has 0 fully saturated rings. The molecule has 0 saturated carbocycles. The third-order valence-corrected chi connectivity index (χ3v) is 4.75. The number of benzene rings is 2. The average Bonchev–Trinajstić information content (AvgIpc) is 2.67. The van der Waals surface area contributed by atoms with E-state index in [1.165, 1.54) is 10.5 Å². The molecule has 0 radical (unpaired) electrons. The van der Waals surface area contributed by atoms with E-state index in [0.29, 0.717) is 0 Å². The molecule has 5 heteroatoms. The van der Waals surface area contributed by atoms with Gasteiger partial charge in [0.15, 0.2) is 0 Å². The van der Waals surface area contributed by atoms with Crippen LogP contribution in [0.5, 0.6) is 0 Å². The minimum absolute atomic E-state index is 0.0804. The van der Waals surface area contributed by atoms with Crippen molar-refractivity contribution in [2.24, 2.45) is 5.16 Å². The van der Waals surface area contributed by atoms with Crippen LogP contribution in [0.25, 0.3) is 0 Å². The summed E-state index contributed by atoms with van der Waals surface area (Å²) >= 11 is 1.69. The minimum atomic E-state index is -0.629. The molecular formula is C21H26N2O2S. The zero-order valence-electron chi connectivity index (χ0n) is 15.5. The first kappa shape index (κ1) is 20.0. The third-order valence-electron chi connectivity index (χ3n) is 4.00. The summed E-state index contributed by atoms with van der Waals surface area (Å²) in [7, 11) is 0. The number of carbonyl (C=O) groups is 1. The number of amides is 1. The highest BCUT2D eigenvalue weighted by atomic mass is 32.2. The molecule has 0 unspecified atom stereocenters. The van der Waals surface area contributed by atoms with E-state index in [-0.39, 0.29) is 11.9 Å². The van der Waals surface area contributed by atoms with Gasteiger partial charge in [-0.25, -0.2) is 0 Å². The van der Waals surface area contributed by atoms with Crippen LogP contribution in [0, 0.1) is 0 Å². The Morgan fingerprint density at radius 2 is 1.85 bits per heavy atom. The van der Waals surface area contributed by atoms with E-state index < -0.39 is 6.10 Å². The van der Waals surface area contributed by atoms with Gasteiger partial charge >= 0.3 is 0 Å². The van der Waals surface area contributed by atoms with Crippen molar-refractivity contribution < 1.29 is 9.63 Å². The molecule has 2 aromatic rings. The Morgan fingerprint density at radius 3 is 2.50 bits per heavy atom. The van der Waals surface area contributed by atoms with E-state index in [2.05, 4.69) is 22.6 Å². The normalized spacial score (nSPS) is 13.3. The SMILES string of the molecule is CSc1ccc(/C=N\O[C@H](C)C(=O)N[C@@H](C)CCc2ccccc2)cc1. The van der Waals surface area contributed by atoms with Crippen molar-refractivity contribution in [1.29, 1.82) is 0 Å². The van der Waals surface area contributed by atoms with Crippen LogP contribution in [0.1, 0.15) is 31.4 Å². The smallest absolute Gasteiger partial charge is 0.263 e. The summed E-state index contributed by atoms with van der Waals surface area (Å²) < 4.78 is 0. The monoisotopic (exact) mass is 370 g/mol. The van der Waals surface area contributed by atoms with Crippen LogP contribution < -0.4 is 5.32 Å². The molecule has 0 saturated heterocycles. The highest BCUT2D eigenvalue weighted by molar-refractivity contribution is 7.98. The van der Waals surface area contributed by atoms with E-state index in [1.54, 1.807) is 24.9 Å². The fourth-order valence-electron chi connectivity index (χ4n) is 2.38. The Kier molecular flexibility index (Phi) is 8.22. The van der Waals surface area contributed by atoms with Crippen molar-refractivity contribution in [3.05, 3.63) is 65.7 Å². The van der Waals surface area contributed by atoms with Crippen LogP contribution in [0.2, 0.25) is 0 Å². The van der Waals surface area contributed by atoms with Gasteiger partial charge in [0.25, 0.3) is 5.91 Å². The number of hydrogen-bond donors (Lipinski definition) is 1. The second kappa shape index (κ2) is 10.7. The van der Waals surface area contributed by atoms with Crippen LogP contribution in [0.4, 0.5) is 0 Å². The van der Waals surface area contributed by atoms with Gasteiger partial charge in [0.2, 0.25) is 6.10 Å². The van der Waals surface area contributed by atoms with Crippen LogP contribution >= 0.6 is 11.8 Å². The quantitative estimate of drug-likeness (QED) is 0.407. The fourth-order valence-corrected chi connectivity index (χ4v) is 2.79. The number of carbonyl (C=O) groups excluding carboxylic acids is 1. The second-order valence-electron chi connectivity index (χ2n) is 6.19. The van der Waals surface area contributed by atoms with E-state index >= 15 is 0 Å². The van der Waals surface area contributed by atoms with E-state index in [1.807, 2.05) is 55.6 Å². The van der Waals surface area contributed by atoms with Gasteiger partial charge in [-0.2, -0.15) is 0 Å². The van der Waals surface area contributed by atoms with Gasteiger partial charge < -0.3 is 10.2 Å². The van der Waals surface area contributed by atoms with Crippen molar-refractivity contribution in [3.8, 4) is 0 Å². The predicted octanol–water partition coefficient (Wildman–Crippen LogP) is 4.29. The molecule has 2 rings (SSSR count). The van der Waals surface area contributed by atoms with Crippen LogP contribution in [-0.4, -0.2) is 30.5 Å². The summed E-state index contributed by atoms with van der Waals surface area (Å²) in [5.41, 5.74) is 2.21. The zero-order chi connectivity index (χ0) is 18.8. The lowest BCUT2D eigenvalue weighted by Gasteiger charge is -2.16. The summed E-state index contributed by atoms with van der Waals surface area (Å²) in [6, 6.07) is 18.3. The van der Waals surface area contributed by atoms with E-state index in [9.17, 15) is 4.79 Å². The molecule has 0 spiro atoms. The number of thioether (sulfide) groups is 1. The number of nitrogens with one attached hydrogen (secondary N) is 1. The Hall–Kier alpha value is -2.27. The van der Waals surface area contributed by atoms with Gasteiger partial charge in [0.1, 0.15) is 0 Å². The van der Waals surface area contributed by atoms with E-state index in [4.69, 9.17) is 4.84 Å². The molecule has 0 aromatic heterocycles. The molecule has 0 heterocycles. The van der Waals surface area contributed by atoms with Gasteiger partial charge in [0.05, 0.1) is 6.21 Å². The maximum atomic E-state index is 12.2. The van der Waals surface area contributed by atoms with Gasteiger partial charge in [-0.05, 0) is 56.2 Å². The lowest BCUT2D eigenvalue weighted by atomic mass is 10.1. The average molecular weight is 371 g/mol. The summed E-state index contributed by atoms with van der Waals surface area (Å²) in [6.07, 6.45) is 4.84. The molecule has 2 atom stereocenters. The van der Waals surface area contributed by atoms with E-state index in [0.717, 1.165) is 18.4 Å². The molecule has 4 nitrogen and oxygen atoms in total. The predicted molar refractivity (Wildman–Crippen MR) is 109 cm³/mol. The molecule has 0 aliphatic rings. The van der Waals surface area contributed by atoms with Crippen molar-refractivity contribution in [3.63, 3.8) is 0 Å².